The number of benzene rings is 1. The number of piperidine rings is 1. The van der Waals surface area contributed by atoms with Gasteiger partial charge in [-0.15, -0.1) is 11.8 Å². The molecule has 1 saturated carbocycles. The lowest BCUT2D eigenvalue weighted by Gasteiger charge is -2.33. The van der Waals surface area contributed by atoms with Crippen molar-refractivity contribution in [1.82, 2.24) is 15.2 Å². The molecule has 0 atom stereocenters. The van der Waals surface area contributed by atoms with Crippen molar-refractivity contribution in [1.29, 1.82) is 0 Å². The molecule has 1 aromatic heterocycles. The van der Waals surface area contributed by atoms with E-state index in [0.29, 0.717) is 0 Å². The summed E-state index contributed by atoms with van der Waals surface area (Å²) in [5.41, 5.74) is 2.01. The Balaban J connectivity index is 1.19. The number of likely N-dealkylation sites (tertiary alicyclic amines) is 1. The number of anilines is 1. The second-order valence-corrected chi connectivity index (χ2v) is 9.48. The first-order valence-electron chi connectivity index (χ1n) is 11.2. The Morgan fingerprint density at radius 2 is 1.90 bits per heavy atom. The monoisotopic (exact) mass is 424 g/mol. The Hall–Kier alpha value is -2.05. The van der Waals surface area contributed by atoms with Crippen molar-refractivity contribution in [2.24, 2.45) is 5.92 Å². The molecule has 0 radical (unpaired) electrons. The van der Waals surface area contributed by atoms with Crippen LogP contribution in [0.4, 0.5) is 10.5 Å². The van der Waals surface area contributed by atoms with Crippen molar-refractivity contribution < 1.29 is 4.79 Å². The summed E-state index contributed by atoms with van der Waals surface area (Å²) in [6, 6.07) is 14.2. The number of urea groups is 1. The summed E-state index contributed by atoms with van der Waals surface area (Å²) >= 11 is 1.70. The second kappa shape index (κ2) is 10.8. The van der Waals surface area contributed by atoms with Crippen molar-refractivity contribution in [3.8, 4) is 0 Å². The lowest BCUT2D eigenvalue weighted by atomic mass is 10.0. The van der Waals surface area contributed by atoms with Gasteiger partial charge in [0.25, 0.3) is 0 Å². The van der Waals surface area contributed by atoms with Gasteiger partial charge in [-0.25, -0.2) is 9.78 Å². The van der Waals surface area contributed by atoms with Gasteiger partial charge in [0.05, 0.1) is 5.03 Å². The molecule has 6 heteroatoms. The maximum Gasteiger partial charge on any atom is 0.319 e. The van der Waals surface area contributed by atoms with E-state index >= 15 is 0 Å². The quantitative estimate of drug-likeness (QED) is 0.604. The Kier molecular flexibility index (Phi) is 7.65. The summed E-state index contributed by atoms with van der Waals surface area (Å²) in [5, 5.41) is 7.18. The molecule has 1 aromatic carbocycles. The van der Waals surface area contributed by atoms with Crippen molar-refractivity contribution in [3.05, 3.63) is 54.2 Å². The molecule has 2 fully saturated rings. The summed E-state index contributed by atoms with van der Waals surface area (Å²) in [6.45, 7) is 3.45. The number of carbonyl (C=O) groups is 1. The van der Waals surface area contributed by atoms with E-state index in [-0.39, 0.29) is 12.1 Å². The number of carbonyl (C=O) groups excluding carboxylic acids is 1. The normalized spacial score (nSPS) is 18.4. The minimum atomic E-state index is -0.0984. The molecular weight excluding hydrogens is 392 g/mol. The number of pyridine rings is 1. The maximum atomic E-state index is 12.5. The topological polar surface area (TPSA) is 57.3 Å². The van der Waals surface area contributed by atoms with E-state index in [1.807, 2.05) is 42.6 Å². The van der Waals surface area contributed by atoms with Gasteiger partial charge in [-0.05, 0) is 61.4 Å². The molecule has 5 nitrogen and oxygen atoms in total. The average molecular weight is 425 g/mol. The summed E-state index contributed by atoms with van der Waals surface area (Å²) in [6.07, 6.45) is 9.52. The highest BCUT2D eigenvalue weighted by Gasteiger charge is 2.24. The first-order chi connectivity index (χ1) is 14.7. The number of amides is 2. The molecule has 1 aliphatic carbocycles. The van der Waals surface area contributed by atoms with E-state index < -0.39 is 0 Å². The molecule has 30 heavy (non-hydrogen) atoms. The molecule has 0 bridgehead atoms. The SMILES string of the molecule is O=C(Nc1cccc(CSc2ccccn2)c1)NC1CCN(CC2CCCC2)CC1. The number of hydrogen-bond acceptors (Lipinski definition) is 4. The Morgan fingerprint density at radius 3 is 2.67 bits per heavy atom. The smallest absolute Gasteiger partial charge is 0.319 e. The first kappa shape index (κ1) is 21.2. The summed E-state index contributed by atoms with van der Waals surface area (Å²) in [7, 11) is 0. The molecule has 4 rings (SSSR count). The number of thioether (sulfide) groups is 1. The van der Waals surface area contributed by atoms with Gasteiger partial charge in [-0.1, -0.05) is 31.0 Å². The average Bonchev–Trinajstić information content (AvgIpc) is 3.28. The van der Waals surface area contributed by atoms with E-state index in [2.05, 4.69) is 26.6 Å². The van der Waals surface area contributed by atoms with Crippen LogP contribution in [0.2, 0.25) is 0 Å². The van der Waals surface area contributed by atoms with Crippen LogP contribution in [0.5, 0.6) is 0 Å². The van der Waals surface area contributed by atoms with Gasteiger partial charge in [0, 0.05) is 43.3 Å². The van der Waals surface area contributed by atoms with Crippen LogP contribution in [-0.4, -0.2) is 41.6 Å². The summed E-state index contributed by atoms with van der Waals surface area (Å²) in [5.74, 6) is 1.73. The van der Waals surface area contributed by atoms with Crippen molar-refractivity contribution in [2.75, 3.05) is 25.0 Å². The molecule has 2 aliphatic rings. The maximum absolute atomic E-state index is 12.5. The first-order valence-corrected chi connectivity index (χ1v) is 12.2. The minimum absolute atomic E-state index is 0.0984. The highest BCUT2D eigenvalue weighted by atomic mass is 32.2. The third-order valence-electron chi connectivity index (χ3n) is 6.12. The molecule has 1 aliphatic heterocycles. The van der Waals surface area contributed by atoms with E-state index in [4.69, 9.17) is 0 Å². The molecule has 2 N–H and O–H groups in total. The second-order valence-electron chi connectivity index (χ2n) is 8.48. The molecule has 1 saturated heterocycles. The molecule has 0 spiro atoms. The number of hydrogen-bond donors (Lipinski definition) is 2. The Bertz CT molecular complexity index is 802. The molecule has 2 amide bonds. The fourth-order valence-electron chi connectivity index (χ4n) is 4.50. The van der Waals surface area contributed by atoms with Crippen LogP contribution in [0.15, 0.2) is 53.7 Å². The van der Waals surface area contributed by atoms with Crippen LogP contribution in [0.3, 0.4) is 0 Å². The number of nitrogens with zero attached hydrogens (tertiary/aromatic N) is 2. The predicted molar refractivity (Wildman–Crippen MR) is 124 cm³/mol. The van der Waals surface area contributed by atoms with Crippen LogP contribution >= 0.6 is 11.8 Å². The molecule has 0 unspecified atom stereocenters. The lowest BCUT2D eigenvalue weighted by Crippen LogP contribution is -2.46. The Labute approximate surface area is 184 Å². The zero-order valence-corrected chi connectivity index (χ0v) is 18.4. The summed E-state index contributed by atoms with van der Waals surface area (Å²) in [4.78, 5) is 19.4. The standard InChI is InChI=1S/C24H32N4OS/c29-24(26-21-11-14-28(15-12-21)17-19-6-1-2-7-19)27-22-9-5-8-20(16-22)18-30-23-10-3-4-13-25-23/h3-5,8-10,13,16,19,21H,1-2,6-7,11-12,14-15,17-18H2,(H2,26,27,29). The summed E-state index contributed by atoms with van der Waals surface area (Å²) < 4.78 is 0. The zero-order chi connectivity index (χ0) is 20.6. The zero-order valence-electron chi connectivity index (χ0n) is 17.6. The van der Waals surface area contributed by atoms with Gasteiger partial charge in [0.2, 0.25) is 0 Å². The molecule has 2 aromatic rings. The van der Waals surface area contributed by atoms with Crippen LogP contribution in [-0.2, 0) is 5.75 Å². The third kappa shape index (κ3) is 6.47. The molecule has 160 valence electrons. The van der Waals surface area contributed by atoms with Gasteiger partial charge in [-0.2, -0.15) is 0 Å². The Morgan fingerprint density at radius 1 is 1.07 bits per heavy atom. The van der Waals surface area contributed by atoms with Gasteiger partial charge in [-0.3, -0.25) is 0 Å². The molecular formula is C24H32N4OS. The number of rotatable bonds is 7. The van der Waals surface area contributed by atoms with Crippen LogP contribution in [0.1, 0.15) is 44.1 Å². The van der Waals surface area contributed by atoms with Crippen molar-refractivity contribution >= 4 is 23.5 Å². The van der Waals surface area contributed by atoms with Gasteiger partial charge < -0.3 is 15.5 Å². The minimum Gasteiger partial charge on any atom is -0.335 e. The third-order valence-corrected chi connectivity index (χ3v) is 7.14. The van der Waals surface area contributed by atoms with Crippen molar-refractivity contribution in [2.45, 2.75) is 55.3 Å². The van der Waals surface area contributed by atoms with Crippen LogP contribution in [0, 0.1) is 5.92 Å². The number of aromatic nitrogens is 1. The highest BCUT2D eigenvalue weighted by Crippen LogP contribution is 2.26. The number of nitrogens with one attached hydrogen (secondary N) is 2. The largest absolute Gasteiger partial charge is 0.335 e. The lowest BCUT2D eigenvalue weighted by molar-refractivity contribution is 0.173. The van der Waals surface area contributed by atoms with Gasteiger partial charge in [0.15, 0.2) is 0 Å². The van der Waals surface area contributed by atoms with Gasteiger partial charge >= 0.3 is 6.03 Å². The van der Waals surface area contributed by atoms with Gasteiger partial charge in [0.1, 0.15) is 0 Å². The van der Waals surface area contributed by atoms with E-state index in [0.717, 1.165) is 48.3 Å². The van der Waals surface area contributed by atoms with Crippen LogP contribution < -0.4 is 10.6 Å². The molecule has 2 heterocycles. The van der Waals surface area contributed by atoms with Crippen LogP contribution in [0.25, 0.3) is 0 Å². The van der Waals surface area contributed by atoms with E-state index in [1.165, 1.54) is 37.8 Å². The fourth-order valence-corrected chi connectivity index (χ4v) is 5.30. The highest BCUT2D eigenvalue weighted by molar-refractivity contribution is 7.98. The van der Waals surface area contributed by atoms with E-state index in [9.17, 15) is 4.79 Å². The van der Waals surface area contributed by atoms with Crippen molar-refractivity contribution in [3.63, 3.8) is 0 Å². The predicted octanol–water partition coefficient (Wildman–Crippen LogP) is 5.15. The fraction of sp³-hybridized carbons (Fsp3) is 0.500. The van der Waals surface area contributed by atoms with E-state index in [1.54, 1.807) is 11.8 Å².